The maximum atomic E-state index is 12.3. The lowest BCUT2D eigenvalue weighted by Gasteiger charge is -2.08. The van der Waals surface area contributed by atoms with Crippen LogP contribution in [0.3, 0.4) is 0 Å². The van der Waals surface area contributed by atoms with Crippen LogP contribution in [0.15, 0.2) is 46.5 Å². The number of rotatable bonds is 6. The number of hydrogen-bond donors (Lipinski definition) is 3. The van der Waals surface area contributed by atoms with Gasteiger partial charge in [-0.1, -0.05) is 17.6 Å². The summed E-state index contributed by atoms with van der Waals surface area (Å²) in [5.74, 6) is -0.398. The Hall–Kier alpha value is -2.50. The van der Waals surface area contributed by atoms with E-state index >= 15 is 0 Å². The molecule has 0 spiro atoms. The van der Waals surface area contributed by atoms with Crippen molar-refractivity contribution < 1.29 is 13.5 Å². The Morgan fingerprint density at radius 1 is 1.38 bits per heavy atom. The van der Waals surface area contributed by atoms with Gasteiger partial charge in [0.25, 0.3) is 5.96 Å². The molecule has 12 heteroatoms. The van der Waals surface area contributed by atoms with E-state index in [1.807, 2.05) is 0 Å². The Kier molecular flexibility index (Phi) is 6.82. The van der Waals surface area contributed by atoms with E-state index < -0.39 is 21.0 Å². The number of hydrogen-bond acceptors (Lipinski definition) is 6. The first-order valence-electron chi connectivity index (χ1n) is 6.43. The van der Waals surface area contributed by atoms with Gasteiger partial charge in [0.05, 0.1) is 11.4 Å². The molecule has 24 heavy (non-hydrogen) atoms. The van der Waals surface area contributed by atoms with E-state index in [0.717, 1.165) is 0 Å². The second kappa shape index (κ2) is 8.38. The summed E-state index contributed by atoms with van der Waals surface area (Å²) in [6.07, 6.45) is 3.08. The third-order valence-corrected chi connectivity index (χ3v) is 4.34. The minimum Gasteiger partial charge on any atom is -0.365 e. The van der Waals surface area contributed by atoms with E-state index in [2.05, 4.69) is 14.7 Å². The summed E-state index contributed by atoms with van der Waals surface area (Å²) in [7, 11) is -3.75. The Labute approximate surface area is 143 Å². The molecule has 1 aromatic heterocycles. The first-order chi connectivity index (χ1) is 10.9. The summed E-state index contributed by atoms with van der Waals surface area (Å²) in [5, 5.41) is 10.5. The van der Waals surface area contributed by atoms with E-state index in [1.165, 1.54) is 12.3 Å². The first kappa shape index (κ1) is 19.5. The molecule has 0 saturated carbocycles. The second-order valence-electron chi connectivity index (χ2n) is 4.39. The number of nitrogens with two attached hydrogens (primary N) is 1. The highest BCUT2D eigenvalue weighted by Crippen LogP contribution is 2.21. The van der Waals surface area contributed by atoms with Crippen molar-refractivity contribution in [3.05, 3.63) is 46.8 Å². The molecule has 0 aliphatic carbocycles. The molecule has 2 aromatic rings. The molecule has 0 aliphatic rings. The van der Waals surface area contributed by atoms with Gasteiger partial charge < -0.3 is 5.73 Å². The van der Waals surface area contributed by atoms with Gasteiger partial charge in [-0.15, -0.1) is 12.4 Å². The van der Waals surface area contributed by atoms with Crippen molar-refractivity contribution in [1.29, 1.82) is 0 Å². The standard InChI is InChI=1S/C12H14N6O4S.ClH/c13-12(17-18(19)20)15-6-7-16-23(21,22)11-3-1-2-9-8-14-5-4-10(9)11;/h1-5,8,16H,6-7H2,(H3,13,15,17);1H. The number of aromatic nitrogens is 1. The fourth-order valence-corrected chi connectivity index (χ4v) is 3.14. The topological polar surface area (TPSA) is 153 Å². The van der Waals surface area contributed by atoms with E-state index in [-0.39, 0.29) is 30.4 Å². The molecule has 0 aliphatic heterocycles. The molecule has 2 rings (SSSR count). The summed E-state index contributed by atoms with van der Waals surface area (Å²) in [6, 6.07) is 6.48. The van der Waals surface area contributed by atoms with Gasteiger partial charge in [0.2, 0.25) is 10.0 Å². The summed E-state index contributed by atoms with van der Waals surface area (Å²) >= 11 is 0. The molecular formula is C12H15ClN6O4S. The number of sulfonamides is 1. The predicted molar refractivity (Wildman–Crippen MR) is 90.8 cm³/mol. The van der Waals surface area contributed by atoms with Crippen molar-refractivity contribution in [2.24, 2.45) is 10.7 Å². The number of nitrogens with zero attached hydrogens (tertiary/aromatic N) is 3. The second-order valence-corrected chi connectivity index (χ2v) is 6.12. The molecule has 0 radical (unpaired) electrons. The summed E-state index contributed by atoms with van der Waals surface area (Å²) in [4.78, 5) is 17.8. The van der Waals surface area contributed by atoms with Gasteiger partial charge in [-0.3, -0.25) is 4.98 Å². The van der Waals surface area contributed by atoms with Crippen LogP contribution in [0.4, 0.5) is 0 Å². The maximum absolute atomic E-state index is 12.3. The zero-order valence-electron chi connectivity index (χ0n) is 12.2. The SMILES string of the molecule is Cl.NC(=NCCNS(=O)(=O)c1cccc2cnccc12)N[N+](=O)[O-]. The Bertz CT molecular complexity index is 852. The number of benzene rings is 1. The van der Waals surface area contributed by atoms with Crippen molar-refractivity contribution in [1.82, 2.24) is 15.1 Å². The molecule has 0 unspecified atom stereocenters. The minimum atomic E-state index is -3.75. The van der Waals surface area contributed by atoms with Crippen LogP contribution in [0.25, 0.3) is 10.8 Å². The van der Waals surface area contributed by atoms with E-state index in [4.69, 9.17) is 5.73 Å². The largest absolute Gasteiger partial charge is 0.365 e. The van der Waals surface area contributed by atoms with E-state index in [9.17, 15) is 18.5 Å². The van der Waals surface area contributed by atoms with Gasteiger partial charge in [-0.25, -0.2) is 28.2 Å². The molecule has 0 atom stereocenters. The maximum Gasteiger partial charge on any atom is 0.251 e. The Morgan fingerprint density at radius 3 is 2.83 bits per heavy atom. The highest BCUT2D eigenvalue weighted by Gasteiger charge is 2.16. The summed E-state index contributed by atoms with van der Waals surface area (Å²) < 4.78 is 27.0. The molecule has 10 nitrogen and oxygen atoms in total. The van der Waals surface area contributed by atoms with Gasteiger partial charge in [-0.2, -0.15) is 0 Å². The van der Waals surface area contributed by atoms with Crippen molar-refractivity contribution in [2.45, 2.75) is 4.90 Å². The van der Waals surface area contributed by atoms with Gasteiger partial charge in [0, 0.05) is 29.7 Å². The molecule has 1 aromatic carbocycles. The molecule has 130 valence electrons. The molecular weight excluding hydrogens is 360 g/mol. The number of halogens is 1. The number of aliphatic imine (C=N–C) groups is 1. The van der Waals surface area contributed by atoms with Crippen LogP contribution in [-0.2, 0) is 10.0 Å². The molecule has 1 heterocycles. The molecule has 0 fully saturated rings. The number of nitrogens with one attached hydrogen (secondary N) is 2. The van der Waals surface area contributed by atoms with Crippen LogP contribution in [-0.4, -0.2) is 37.5 Å². The molecule has 0 bridgehead atoms. The number of pyridine rings is 1. The van der Waals surface area contributed by atoms with Gasteiger partial charge in [-0.05, 0) is 12.1 Å². The number of fused-ring (bicyclic) bond motifs is 1. The normalized spacial score (nSPS) is 11.8. The van der Waals surface area contributed by atoms with Gasteiger partial charge in [0.15, 0.2) is 5.03 Å². The van der Waals surface area contributed by atoms with E-state index in [1.54, 1.807) is 29.8 Å². The van der Waals surface area contributed by atoms with Crippen LogP contribution in [0.2, 0.25) is 0 Å². The smallest absolute Gasteiger partial charge is 0.251 e. The summed E-state index contributed by atoms with van der Waals surface area (Å²) in [5.41, 5.74) is 6.89. The number of hydrazine groups is 1. The lowest BCUT2D eigenvalue weighted by atomic mass is 10.2. The zero-order chi connectivity index (χ0) is 16.9. The summed E-state index contributed by atoms with van der Waals surface area (Å²) in [6.45, 7) is -0.0951. The fourth-order valence-electron chi connectivity index (χ4n) is 1.89. The fraction of sp³-hybridized carbons (Fsp3) is 0.167. The quantitative estimate of drug-likeness (QED) is 0.212. The average molecular weight is 375 g/mol. The predicted octanol–water partition coefficient (Wildman–Crippen LogP) is 0.0309. The third kappa shape index (κ3) is 5.01. The van der Waals surface area contributed by atoms with Crippen LogP contribution >= 0.6 is 12.4 Å². The molecule has 4 N–H and O–H groups in total. The highest BCUT2D eigenvalue weighted by atomic mass is 35.5. The van der Waals surface area contributed by atoms with Crippen LogP contribution in [0.1, 0.15) is 0 Å². The van der Waals surface area contributed by atoms with Crippen molar-refractivity contribution in [2.75, 3.05) is 13.1 Å². The van der Waals surface area contributed by atoms with Crippen LogP contribution in [0.5, 0.6) is 0 Å². The Balaban J connectivity index is 0.00000288. The third-order valence-electron chi connectivity index (χ3n) is 2.82. The average Bonchev–Trinajstić information content (AvgIpc) is 2.50. The van der Waals surface area contributed by atoms with Gasteiger partial charge in [0.1, 0.15) is 0 Å². The lowest BCUT2D eigenvalue weighted by molar-refractivity contribution is -0.525. The van der Waals surface area contributed by atoms with Crippen molar-refractivity contribution in [3.8, 4) is 0 Å². The van der Waals surface area contributed by atoms with Crippen LogP contribution in [0, 0.1) is 10.1 Å². The monoisotopic (exact) mass is 374 g/mol. The lowest BCUT2D eigenvalue weighted by Crippen LogP contribution is -2.37. The minimum absolute atomic E-state index is 0. The Morgan fingerprint density at radius 2 is 2.12 bits per heavy atom. The number of guanidine groups is 1. The first-order valence-corrected chi connectivity index (χ1v) is 7.92. The molecule has 0 amide bonds. The van der Waals surface area contributed by atoms with E-state index in [0.29, 0.717) is 10.8 Å². The van der Waals surface area contributed by atoms with Crippen LogP contribution < -0.4 is 15.9 Å². The number of nitro groups is 1. The zero-order valence-corrected chi connectivity index (χ0v) is 13.9. The van der Waals surface area contributed by atoms with Crippen molar-refractivity contribution >= 4 is 39.2 Å². The van der Waals surface area contributed by atoms with Crippen molar-refractivity contribution in [3.63, 3.8) is 0 Å². The molecule has 0 saturated heterocycles. The van der Waals surface area contributed by atoms with Gasteiger partial charge >= 0.3 is 0 Å². The highest BCUT2D eigenvalue weighted by molar-refractivity contribution is 7.89.